The summed E-state index contributed by atoms with van der Waals surface area (Å²) in [6.07, 6.45) is 2.02. The first-order chi connectivity index (χ1) is 8.25. The first-order valence-corrected chi connectivity index (χ1v) is 6.14. The van der Waals surface area contributed by atoms with Crippen molar-refractivity contribution in [2.45, 2.75) is 5.50 Å². The lowest BCUT2D eigenvalue weighted by molar-refractivity contribution is 0.457. The molecule has 1 aliphatic heterocycles. The van der Waals surface area contributed by atoms with Gasteiger partial charge in [-0.05, 0) is 22.4 Å². The summed E-state index contributed by atoms with van der Waals surface area (Å²) in [6, 6.07) is 14.9. The van der Waals surface area contributed by atoms with E-state index in [2.05, 4.69) is 65.3 Å². The summed E-state index contributed by atoms with van der Waals surface area (Å²) in [4.78, 5) is 2.12. The molecule has 1 atom stereocenters. The Balaban J connectivity index is 2.07. The van der Waals surface area contributed by atoms with Crippen molar-refractivity contribution in [3.63, 3.8) is 0 Å². The molecule has 0 amide bonds. The van der Waals surface area contributed by atoms with Crippen molar-refractivity contribution >= 4 is 29.1 Å². The minimum Gasteiger partial charge on any atom is -0.361 e. The molecule has 1 aliphatic rings. The van der Waals surface area contributed by atoms with Crippen molar-refractivity contribution in [2.75, 3.05) is 7.05 Å². The van der Waals surface area contributed by atoms with Gasteiger partial charge >= 0.3 is 0 Å². The molecular weight excluding hydrogens is 228 g/mol. The molecule has 3 rings (SSSR count). The molecule has 3 heteroatoms. The first-order valence-electron chi connectivity index (χ1n) is 5.62. The molecule has 17 heavy (non-hydrogen) atoms. The lowest BCUT2D eigenvalue weighted by Gasteiger charge is -2.20. The van der Waals surface area contributed by atoms with Gasteiger partial charge in [0.1, 0.15) is 5.50 Å². The Morgan fingerprint density at radius 1 is 1.12 bits per heavy atom. The highest BCUT2D eigenvalue weighted by Crippen LogP contribution is 2.27. The molecule has 0 saturated carbocycles. The number of nitrogens with zero attached hydrogens (tertiary/aromatic N) is 1. The van der Waals surface area contributed by atoms with Crippen LogP contribution in [0.2, 0.25) is 0 Å². The highest BCUT2D eigenvalue weighted by atomic mass is 32.1. The van der Waals surface area contributed by atoms with Gasteiger partial charge in [-0.15, -0.1) is 12.6 Å². The van der Waals surface area contributed by atoms with E-state index in [9.17, 15) is 0 Å². The predicted molar refractivity (Wildman–Crippen MR) is 75.6 cm³/mol. The van der Waals surface area contributed by atoms with Crippen LogP contribution in [0.4, 0.5) is 0 Å². The third-order valence-electron chi connectivity index (χ3n) is 3.16. The number of fused-ring (bicyclic) bond motifs is 1. The molecule has 1 N–H and O–H groups in total. The summed E-state index contributed by atoms with van der Waals surface area (Å²) in [5.74, 6) is 0. The van der Waals surface area contributed by atoms with Crippen LogP contribution in [0, 0.1) is 0 Å². The monoisotopic (exact) mass is 242 g/mol. The second kappa shape index (κ2) is 4.00. The molecule has 2 nitrogen and oxygen atoms in total. The standard InChI is InChI=1S/C14H14N2S/c1-16-13(9-15-14(16)17)12-7-6-10-4-2-3-5-11(10)8-12/h2-9,14-15,17H,1H3. The maximum atomic E-state index is 4.43. The van der Waals surface area contributed by atoms with Crippen LogP contribution >= 0.6 is 12.6 Å². The summed E-state index contributed by atoms with van der Waals surface area (Å²) in [7, 11) is 2.04. The fourth-order valence-electron chi connectivity index (χ4n) is 2.13. The molecule has 0 fully saturated rings. The average Bonchev–Trinajstić information content (AvgIpc) is 2.70. The van der Waals surface area contributed by atoms with Gasteiger partial charge in [-0.25, -0.2) is 0 Å². The number of hydrogen-bond acceptors (Lipinski definition) is 3. The molecule has 86 valence electrons. The van der Waals surface area contributed by atoms with Gasteiger partial charge in [-0.2, -0.15) is 0 Å². The fraction of sp³-hybridized carbons (Fsp3) is 0.143. The van der Waals surface area contributed by atoms with E-state index in [0.717, 1.165) is 0 Å². The van der Waals surface area contributed by atoms with Crippen LogP contribution in [-0.4, -0.2) is 17.4 Å². The zero-order valence-corrected chi connectivity index (χ0v) is 10.5. The van der Waals surface area contributed by atoms with Crippen LogP contribution in [0.25, 0.3) is 16.5 Å². The van der Waals surface area contributed by atoms with Crippen molar-refractivity contribution in [1.29, 1.82) is 0 Å². The van der Waals surface area contributed by atoms with E-state index >= 15 is 0 Å². The Bertz CT molecular complexity index is 592. The molecule has 0 aliphatic carbocycles. The van der Waals surface area contributed by atoms with Gasteiger partial charge in [0, 0.05) is 13.2 Å². The quantitative estimate of drug-likeness (QED) is 0.748. The minimum absolute atomic E-state index is 0.0662. The highest BCUT2D eigenvalue weighted by molar-refractivity contribution is 7.80. The van der Waals surface area contributed by atoms with E-state index in [0.29, 0.717) is 0 Å². The summed E-state index contributed by atoms with van der Waals surface area (Å²) in [5, 5.41) is 5.73. The van der Waals surface area contributed by atoms with E-state index in [-0.39, 0.29) is 5.50 Å². The Morgan fingerprint density at radius 3 is 2.59 bits per heavy atom. The fourth-order valence-corrected chi connectivity index (χ4v) is 2.33. The number of rotatable bonds is 1. The normalized spacial score (nSPS) is 19.3. The maximum absolute atomic E-state index is 4.43. The van der Waals surface area contributed by atoms with E-state index < -0.39 is 0 Å². The number of hydrogen-bond donors (Lipinski definition) is 2. The van der Waals surface area contributed by atoms with Gasteiger partial charge in [0.2, 0.25) is 0 Å². The van der Waals surface area contributed by atoms with E-state index in [1.807, 2.05) is 13.2 Å². The van der Waals surface area contributed by atoms with Crippen molar-refractivity contribution in [3.8, 4) is 0 Å². The largest absolute Gasteiger partial charge is 0.361 e. The van der Waals surface area contributed by atoms with E-state index in [4.69, 9.17) is 0 Å². The van der Waals surface area contributed by atoms with Crippen LogP contribution in [-0.2, 0) is 0 Å². The molecule has 0 radical (unpaired) electrons. The summed E-state index contributed by atoms with van der Waals surface area (Å²) in [5.41, 5.74) is 2.46. The van der Waals surface area contributed by atoms with Gasteiger partial charge in [0.25, 0.3) is 0 Å². The Hall–Kier alpha value is -1.61. The molecule has 0 bridgehead atoms. The summed E-state index contributed by atoms with van der Waals surface area (Å²) >= 11 is 4.43. The van der Waals surface area contributed by atoms with Gasteiger partial charge in [-0.1, -0.05) is 36.4 Å². The number of thiol groups is 1. The zero-order chi connectivity index (χ0) is 11.8. The van der Waals surface area contributed by atoms with E-state index in [1.165, 1.54) is 22.0 Å². The molecule has 0 aromatic heterocycles. The van der Waals surface area contributed by atoms with Crippen LogP contribution in [0.15, 0.2) is 48.7 Å². The molecule has 1 heterocycles. The van der Waals surface area contributed by atoms with Crippen molar-refractivity contribution < 1.29 is 0 Å². The van der Waals surface area contributed by atoms with Crippen molar-refractivity contribution in [2.24, 2.45) is 0 Å². The SMILES string of the molecule is CN1C(c2ccc3ccccc3c2)=CNC1S. The van der Waals surface area contributed by atoms with Crippen molar-refractivity contribution in [1.82, 2.24) is 10.2 Å². The van der Waals surface area contributed by atoms with Crippen LogP contribution in [0.3, 0.4) is 0 Å². The zero-order valence-electron chi connectivity index (χ0n) is 9.59. The minimum atomic E-state index is 0.0662. The van der Waals surface area contributed by atoms with Crippen molar-refractivity contribution in [3.05, 3.63) is 54.2 Å². The predicted octanol–water partition coefficient (Wildman–Crippen LogP) is 2.89. The van der Waals surface area contributed by atoms with E-state index in [1.54, 1.807) is 0 Å². The molecule has 0 spiro atoms. The Kier molecular flexibility index (Phi) is 2.48. The average molecular weight is 242 g/mol. The van der Waals surface area contributed by atoms with Gasteiger partial charge < -0.3 is 10.2 Å². The summed E-state index contributed by atoms with van der Waals surface area (Å²) < 4.78 is 0. The van der Waals surface area contributed by atoms with Crippen LogP contribution < -0.4 is 5.32 Å². The third kappa shape index (κ3) is 1.76. The second-order valence-electron chi connectivity index (χ2n) is 4.24. The molecule has 0 saturated heterocycles. The summed E-state index contributed by atoms with van der Waals surface area (Å²) in [6.45, 7) is 0. The molecular formula is C14H14N2S. The van der Waals surface area contributed by atoms with Gasteiger partial charge in [0.05, 0.1) is 5.70 Å². The molecule has 2 aromatic rings. The third-order valence-corrected chi connectivity index (χ3v) is 3.66. The molecule has 2 aromatic carbocycles. The second-order valence-corrected chi connectivity index (χ2v) is 4.73. The lowest BCUT2D eigenvalue weighted by Crippen LogP contribution is -2.27. The highest BCUT2D eigenvalue weighted by Gasteiger charge is 2.19. The Morgan fingerprint density at radius 2 is 1.88 bits per heavy atom. The maximum Gasteiger partial charge on any atom is 0.144 e. The number of nitrogens with one attached hydrogen (secondary N) is 1. The van der Waals surface area contributed by atoms with Gasteiger partial charge in [-0.3, -0.25) is 0 Å². The topological polar surface area (TPSA) is 15.3 Å². The molecule has 1 unspecified atom stereocenters. The smallest absolute Gasteiger partial charge is 0.144 e. The van der Waals surface area contributed by atoms with Crippen LogP contribution in [0.5, 0.6) is 0 Å². The number of benzene rings is 2. The first kappa shape index (κ1) is 10.5. The Labute approximate surface area is 106 Å². The van der Waals surface area contributed by atoms with Gasteiger partial charge in [0.15, 0.2) is 0 Å². The van der Waals surface area contributed by atoms with Crippen LogP contribution in [0.1, 0.15) is 5.56 Å². The lowest BCUT2D eigenvalue weighted by atomic mass is 10.1.